The van der Waals surface area contributed by atoms with E-state index in [9.17, 15) is 0 Å². The van der Waals surface area contributed by atoms with Gasteiger partial charge in [0.05, 0.1) is 0 Å². The number of hydrogen-bond donors (Lipinski definition) is 1. The molecule has 84 valence electrons. The van der Waals surface area contributed by atoms with Gasteiger partial charge in [0.1, 0.15) is 0 Å². The summed E-state index contributed by atoms with van der Waals surface area (Å²) in [5.74, 6) is 0. The van der Waals surface area contributed by atoms with Gasteiger partial charge in [0.15, 0.2) is 0 Å². The lowest BCUT2D eigenvalue weighted by molar-refractivity contribution is 0.521. The zero-order chi connectivity index (χ0) is 11.3. The molecule has 1 aromatic rings. The van der Waals surface area contributed by atoms with Crippen molar-refractivity contribution in [3.63, 3.8) is 0 Å². The first kappa shape index (κ1) is 12.5. The minimum absolute atomic E-state index is 0.434. The van der Waals surface area contributed by atoms with E-state index in [1.165, 1.54) is 30.4 Å². The second-order valence-corrected chi connectivity index (χ2v) is 4.42. The van der Waals surface area contributed by atoms with Gasteiger partial charge in [-0.05, 0) is 43.7 Å². The van der Waals surface area contributed by atoms with Crippen molar-refractivity contribution >= 4 is 11.6 Å². The topological polar surface area (TPSA) is 12.0 Å². The van der Waals surface area contributed by atoms with Crippen molar-refractivity contribution in [1.82, 2.24) is 5.32 Å². The summed E-state index contributed by atoms with van der Waals surface area (Å²) in [6.45, 7) is 4.36. The van der Waals surface area contributed by atoms with Crippen LogP contribution in [0, 0.1) is 6.92 Å². The maximum absolute atomic E-state index is 6.02. The molecule has 1 unspecified atom stereocenters. The van der Waals surface area contributed by atoms with E-state index >= 15 is 0 Å². The highest BCUT2D eigenvalue weighted by Crippen LogP contribution is 2.25. The fourth-order valence-corrected chi connectivity index (χ4v) is 2.03. The maximum atomic E-state index is 6.02. The highest BCUT2D eigenvalue weighted by Gasteiger charge is 2.11. The van der Waals surface area contributed by atoms with E-state index < -0.39 is 0 Å². The van der Waals surface area contributed by atoms with Crippen LogP contribution in [0.1, 0.15) is 43.4 Å². The van der Waals surface area contributed by atoms with Gasteiger partial charge in [-0.25, -0.2) is 0 Å². The van der Waals surface area contributed by atoms with Crippen molar-refractivity contribution in [3.05, 3.63) is 34.3 Å². The molecule has 1 aromatic carbocycles. The van der Waals surface area contributed by atoms with Gasteiger partial charge in [-0.1, -0.05) is 37.4 Å². The lowest BCUT2D eigenvalue weighted by Gasteiger charge is -2.18. The molecule has 0 bridgehead atoms. The molecule has 0 heterocycles. The second-order valence-electron chi connectivity index (χ2n) is 3.98. The Hall–Kier alpha value is -0.530. The standard InChI is InChI=1S/C13H20ClN/c1-4-5-6-13(15-3)12-9-11(14)8-7-10(12)2/h7-9,13,15H,4-6H2,1-3H3. The van der Waals surface area contributed by atoms with Gasteiger partial charge in [-0.3, -0.25) is 0 Å². The lowest BCUT2D eigenvalue weighted by atomic mass is 9.97. The first-order valence-electron chi connectivity index (χ1n) is 5.62. The lowest BCUT2D eigenvalue weighted by Crippen LogP contribution is -2.17. The van der Waals surface area contributed by atoms with E-state index in [1.807, 2.05) is 13.1 Å². The van der Waals surface area contributed by atoms with Crippen LogP contribution in [0.3, 0.4) is 0 Å². The van der Waals surface area contributed by atoms with Crippen LogP contribution >= 0.6 is 11.6 Å². The maximum Gasteiger partial charge on any atom is 0.0409 e. The molecule has 1 N–H and O–H groups in total. The molecule has 0 aliphatic heterocycles. The summed E-state index contributed by atoms with van der Waals surface area (Å²) < 4.78 is 0. The summed E-state index contributed by atoms with van der Waals surface area (Å²) in [5, 5.41) is 4.19. The van der Waals surface area contributed by atoms with E-state index in [4.69, 9.17) is 11.6 Å². The van der Waals surface area contributed by atoms with Gasteiger partial charge in [-0.2, -0.15) is 0 Å². The van der Waals surface area contributed by atoms with Gasteiger partial charge >= 0.3 is 0 Å². The fourth-order valence-electron chi connectivity index (χ4n) is 1.85. The summed E-state index contributed by atoms with van der Waals surface area (Å²) in [7, 11) is 2.01. The van der Waals surface area contributed by atoms with E-state index in [2.05, 4.69) is 31.3 Å². The third-order valence-corrected chi connectivity index (χ3v) is 3.05. The molecule has 0 radical (unpaired) electrons. The highest BCUT2D eigenvalue weighted by atomic mass is 35.5. The normalized spacial score (nSPS) is 12.8. The number of halogens is 1. The Balaban J connectivity index is 2.85. The van der Waals surface area contributed by atoms with Crippen LogP contribution in [-0.4, -0.2) is 7.05 Å². The first-order chi connectivity index (χ1) is 7.19. The molecule has 15 heavy (non-hydrogen) atoms. The molecule has 0 amide bonds. The average Bonchev–Trinajstić information content (AvgIpc) is 2.24. The molecule has 0 aliphatic rings. The van der Waals surface area contributed by atoms with Crippen LogP contribution in [0.4, 0.5) is 0 Å². The number of unbranched alkanes of at least 4 members (excludes halogenated alkanes) is 1. The van der Waals surface area contributed by atoms with Crippen molar-refractivity contribution in [2.24, 2.45) is 0 Å². The van der Waals surface area contributed by atoms with Crippen LogP contribution in [0.2, 0.25) is 5.02 Å². The Bertz CT molecular complexity index is 309. The van der Waals surface area contributed by atoms with Crippen molar-refractivity contribution in [2.75, 3.05) is 7.05 Å². The summed E-state index contributed by atoms with van der Waals surface area (Å²) in [6.07, 6.45) is 3.66. The molecule has 0 fully saturated rings. The molecule has 0 aromatic heterocycles. The third-order valence-electron chi connectivity index (χ3n) is 2.81. The largest absolute Gasteiger partial charge is 0.313 e. The number of benzene rings is 1. The van der Waals surface area contributed by atoms with E-state index in [-0.39, 0.29) is 0 Å². The predicted molar refractivity (Wildman–Crippen MR) is 67.5 cm³/mol. The monoisotopic (exact) mass is 225 g/mol. The Labute approximate surface area is 97.8 Å². The molecular formula is C13H20ClN. The second kappa shape index (κ2) is 6.14. The van der Waals surface area contributed by atoms with Crippen molar-refractivity contribution in [1.29, 1.82) is 0 Å². The Morgan fingerprint density at radius 3 is 2.73 bits per heavy atom. The Morgan fingerprint density at radius 2 is 2.13 bits per heavy atom. The van der Waals surface area contributed by atoms with Gasteiger partial charge < -0.3 is 5.32 Å². The summed E-state index contributed by atoms with van der Waals surface area (Å²) in [5.41, 5.74) is 2.65. The summed E-state index contributed by atoms with van der Waals surface area (Å²) in [4.78, 5) is 0. The number of aryl methyl sites for hydroxylation is 1. The van der Waals surface area contributed by atoms with Crippen LogP contribution in [-0.2, 0) is 0 Å². The Kier molecular flexibility index (Phi) is 5.13. The van der Waals surface area contributed by atoms with Gasteiger partial charge in [0, 0.05) is 11.1 Å². The number of nitrogens with one attached hydrogen (secondary N) is 1. The van der Waals surface area contributed by atoms with Crippen LogP contribution < -0.4 is 5.32 Å². The zero-order valence-electron chi connectivity index (χ0n) is 9.81. The zero-order valence-corrected chi connectivity index (χ0v) is 10.6. The van der Waals surface area contributed by atoms with Gasteiger partial charge in [-0.15, -0.1) is 0 Å². The molecule has 0 saturated heterocycles. The highest BCUT2D eigenvalue weighted by molar-refractivity contribution is 6.30. The number of rotatable bonds is 5. The summed E-state index contributed by atoms with van der Waals surface area (Å²) in [6, 6.07) is 6.55. The van der Waals surface area contributed by atoms with Crippen LogP contribution in [0.15, 0.2) is 18.2 Å². The summed E-state index contributed by atoms with van der Waals surface area (Å²) >= 11 is 6.02. The molecule has 0 spiro atoms. The fraction of sp³-hybridized carbons (Fsp3) is 0.538. The van der Waals surface area contributed by atoms with Crippen molar-refractivity contribution < 1.29 is 0 Å². The Morgan fingerprint density at radius 1 is 1.40 bits per heavy atom. The molecule has 0 aliphatic carbocycles. The molecular weight excluding hydrogens is 206 g/mol. The molecule has 0 saturated carbocycles. The SMILES string of the molecule is CCCCC(NC)c1cc(Cl)ccc1C. The van der Waals surface area contributed by atoms with E-state index in [0.29, 0.717) is 6.04 Å². The molecule has 2 heteroatoms. The molecule has 1 nitrogen and oxygen atoms in total. The average molecular weight is 226 g/mol. The van der Waals surface area contributed by atoms with E-state index in [1.54, 1.807) is 0 Å². The minimum Gasteiger partial charge on any atom is -0.313 e. The van der Waals surface area contributed by atoms with Crippen molar-refractivity contribution in [3.8, 4) is 0 Å². The van der Waals surface area contributed by atoms with Crippen LogP contribution in [0.5, 0.6) is 0 Å². The molecule has 1 atom stereocenters. The quantitative estimate of drug-likeness (QED) is 0.796. The smallest absolute Gasteiger partial charge is 0.0409 e. The van der Waals surface area contributed by atoms with Crippen LogP contribution in [0.25, 0.3) is 0 Å². The third kappa shape index (κ3) is 3.51. The van der Waals surface area contributed by atoms with Gasteiger partial charge in [0.2, 0.25) is 0 Å². The van der Waals surface area contributed by atoms with E-state index in [0.717, 1.165) is 5.02 Å². The van der Waals surface area contributed by atoms with Crippen molar-refractivity contribution in [2.45, 2.75) is 39.2 Å². The number of hydrogen-bond acceptors (Lipinski definition) is 1. The molecule has 1 rings (SSSR count). The first-order valence-corrected chi connectivity index (χ1v) is 6.00. The minimum atomic E-state index is 0.434. The van der Waals surface area contributed by atoms with Gasteiger partial charge in [0.25, 0.3) is 0 Å². The predicted octanol–water partition coefficient (Wildman–Crippen LogP) is 4.10.